The lowest BCUT2D eigenvalue weighted by Crippen LogP contribution is -2.44. The Morgan fingerprint density at radius 3 is 1.62 bits per heavy atom. The minimum absolute atomic E-state index is 0.133. The van der Waals surface area contributed by atoms with Crippen LogP contribution in [0.3, 0.4) is 0 Å². The van der Waals surface area contributed by atoms with Gasteiger partial charge in [0.25, 0.3) is 0 Å². The van der Waals surface area contributed by atoms with Crippen molar-refractivity contribution in [2.24, 2.45) is 0 Å². The summed E-state index contributed by atoms with van der Waals surface area (Å²) in [6.45, 7) is 16.3. The molecule has 0 saturated carbocycles. The van der Waals surface area contributed by atoms with E-state index in [1.165, 1.54) is 0 Å². The topological polar surface area (TPSA) is 133 Å². The van der Waals surface area contributed by atoms with Gasteiger partial charge in [-0.3, -0.25) is 0 Å². The smallest absolute Gasteiger partial charge is 0.425 e. The third kappa shape index (κ3) is 10.2. The number of pyridine rings is 2. The number of hydrogen-bond acceptors (Lipinski definition) is 11. The van der Waals surface area contributed by atoms with Crippen LogP contribution in [0.1, 0.15) is 41.5 Å². The highest BCUT2D eigenvalue weighted by Gasteiger charge is 2.34. The number of nitrogen functional groups attached to an aromatic ring is 1. The Kier molecular flexibility index (Phi) is 11.8. The molecule has 14 heteroatoms. The summed E-state index contributed by atoms with van der Waals surface area (Å²) >= 11 is 6.96. The predicted molar refractivity (Wildman–Crippen MR) is 169 cm³/mol. The number of imide groups is 1. The summed E-state index contributed by atoms with van der Waals surface area (Å²) in [6, 6.07) is 3.55. The molecule has 2 aliphatic rings. The molecule has 2 amide bonds. The van der Waals surface area contributed by atoms with E-state index in [9.17, 15) is 9.59 Å². The second kappa shape index (κ2) is 14.7. The molecule has 2 aromatic heterocycles. The molecule has 0 unspecified atom stereocenters. The zero-order valence-electron chi connectivity index (χ0n) is 25.0. The summed E-state index contributed by atoms with van der Waals surface area (Å²) in [6.07, 6.45) is 1.61. The summed E-state index contributed by atoms with van der Waals surface area (Å²) in [7, 11) is 0. The van der Waals surface area contributed by atoms with E-state index in [4.69, 9.17) is 24.7 Å². The van der Waals surface area contributed by atoms with Crippen LogP contribution in [0.5, 0.6) is 0 Å². The largest absolute Gasteiger partial charge is 0.443 e. The summed E-state index contributed by atoms with van der Waals surface area (Å²) in [5.41, 5.74) is 6.00. The second-order valence-electron chi connectivity index (χ2n) is 11.5. The van der Waals surface area contributed by atoms with Gasteiger partial charge in [0, 0.05) is 50.7 Å². The molecule has 2 aromatic rings. The van der Waals surface area contributed by atoms with Gasteiger partial charge in [-0.1, -0.05) is 0 Å². The van der Waals surface area contributed by atoms with Gasteiger partial charge in [0.15, 0.2) is 5.82 Å². The molecule has 2 fully saturated rings. The van der Waals surface area contributed by atoms with Crippen molar-refractivity contribution in [1.29, 1.82) is 0 Å². The Morgan fingerprint density at radius 1 is 0.786 bits per heavy atom. The summed E-state index contributed by atoms with van der Waals surface area (Å²) in [5.74, 6) is 0.683. The van der Waals surface area contributed by atoms with Crippen molar-refractivity contribution >= 4 is 67.1 Å². The Labute approximate surface area is 264 Å². The van der Waals surface area contributed by atoms with Crippen LogP contribution in [0, 0.1) is 0 Å². The summed E-state index contributed by atoms with van der Waals surface area (Å²) < 4.78 is 23.2. The lowest BCUT2D eigenvalue weighted by molar-refractivity contribution is 0.0429. The monoisotopic (exact) mass is 714 g/mol. The molecular weight excluding hydrogens is 676 g/mol. The summed E-state index contributed by atoms with van der Waals surface area (Å²) in [4.78, 5) is 39.0. The third-order valence-corrected chi connectivity index (χ3v) is 6.98. The maximum absolute atomic E-state index is 12.8. The molecule has 0 atom stereocenters. The zero-order valence-corrected chi connectivity index (χ0v) is 28.2. The number of amides is 2. The van der Waals surface area contributed by atoms with Crippen molar-refractivity contribution in [3.63, 3.8) is 0 Å². The predicted octanol–water partition coefficient (Wildman–Crippen LogP) is 5.62. The van der Waals surface area contributed by atoms with Gasteiger partial charge in [-0.25, -0.2) is 19.6 Å². The Bertz CT molecular complexity index is 1200. The number of anilines is 4. The molecule has 0 radical (unpaired) electrons. The van der Waals surface area contributed by atoms with Crippen molar-refractivity contribution in [2.75, 3.05) is 73.0 Å². The summed E-state index contributed by atoms with van der Waals surface area (Å²) in [5, 5.41) is 0. The van der Waals surface area contributed by atoms with Crippen molar-refractivity contribution in [3.05, 3.63) is 33.5 Å². The number of ether oxygens (including phenoxy) is 4. The number of rotatable bonds is 3. The van der Waals surface area contributed by atoms with Crippen LogP contribution in [-0.4, -0.2) is 86.0 Å². The number of halogens is 2. The number of carbonyl (C=O) groups excluding carboxylic acids is 2. The molecule has 0 bridgehead atoms. The van der Waals surface area contributed by atoms with Crippen LogP contribution < -0.4 is 20.4 Å². The van der Waals surface area contributed by atoms with E-state index in [1.54, 1.807) is 60.0 Å². The van der Waals surface area contributed by atoms with Gasteiger partial charge >= 0.3 is 12.2 Å². The normalized spacial score (nSPS) is 15.8. The quantitative estimate of drug-likeness (QED) is 0.425. The van der Waals surface area contributed by atoms with Crippen LogP contribution in [-0.2, 0) is 18.9 Å². The third-order valence-electron chi connectivity index (χ3n) is 5.76. The molecule has 232 valence electrons. The molecule has 0 spiro atoms. The molecule has 4 heterocycles. The molecule has 2 aliphatic heterocycles. The van der Waals surface area contributed by atoms with E-state index in [0.717, 1.165) is 51.5 Å². The van der Waals surface area contributed by atoms with Crippen LogP contribution in [0.15, 0.2) is 33.5 Å². The van der Waals surface area contributed by atoms with E-state index in [-0.39, 0.29) is 5.82 Å². The van der Waals surface area contributed by atoms with Gasteiger partial charge in [-0.15, -0.1) is 0 Å². The van der Waals surface area contributed by atoms with Crippen LogP contribution in [0.2, 0.25) is 0 Å². The maximum atomic E-state index is 12.8. The van der Waals surface area contributed by atoms with Gasteiger partial charge in [-0.05, 0) is 73.4 Å². The lowest BCUT2D eigenvalue weighted by atomic mass is 10.2. The molecule has 0 aromatic carbocycles. The molecule has 12 nitrogen and oxygen atoms in total. The number of hydrogen-bond donors (Lipinski definition) is 1. The van der Waals surface area contributed by atoms with Crippen LogP contribution >= 0.6 is 31.9 Å². The number of morpholine rings is 2. The molecule has 0 aliphatic carbocycles. The minimum Gasteiger partial charge on any atom is -0.443 e. The first-order valence-corrected chi connectivity index (χ1v) is 15.2. The zero-order chi connectivity index (χ0) is 31.1. The molecule has 4 rings (SSSR count). The van der Waals surface area contributed by atoms with Gasteiger partial charge < -0.3 is 34.5 Å². The van der Waals surface area contributed by atoms with E-state index in [2.05, 4.69) is 51.6 Å². The Morgan fingerprint density at radius 2 is 1.19 bits per heavy atom. The van der Waals surface area contributed by atoms with Crippen LogP contribution in [0.4, 0.5) is 32.6 Å². The first-order chi connectivity index (χ1) is 19.6. The van der Waals surface area contributed by atoms with E-state index in [0.29, 0.717) is 32.1 Å². The molecule has 2 saturated heterocycles. The van der Waals surface area contributed by atoms with Gasteiger partial charge in [0.2, 0.25) is 0 Å². The molecule has 2 N–H and O–H groups in total. The van der Waals surface area contributed by atoms with Crippen molar-refractivity contribution in [3.8, 4) is 0 Å². The first kappa shape index (κ1) is 33.8. The fraction of sp³-hybridized carbons (Fsp3) is 0.571. The number of carbonyl (C=O) groups is 2. The van der Waals surface area contributed by atoms with Crippen molar-refractivity contribution < 1.29 is 28.5 Å². The number of nitrogens with two attached hydrogens (primary N) is 1. The second-order valence-corrected chi connectivity index (χ2v) is 13.3. The van der Waals surface area contributed by atoms with E-state index in [1.807, 2.05) is 6.07 Å². The van der Waals surface area contributed by atoms with Crippen LogP contribution in [0.25, 0.3) is 0 Å². The number of aromatic nitrogens is 2. The van der Waals surface area contributed by atoms with Gasteiger partial charge in [0.1, 0.15) is 17.0 Å². The van der Waals surface area contributed by atoms with E-state index >= 15 is 0 Å². The van der Waals surface area contributed by atoms with Gasteiger partial charge in [-0.2, -0.15) is 4.90 Å². The average Bonchev–Trinajstić information content (AvgIpc) is 2.90. The lowest BCUT2D eigenvalue weighted by Gasteiger charge is -2.31. The van der Waals surface area contributed by atoms with Crippen molar-refractivity contribution in [2.45, 2.75) is 52.7 Å². The molecule has 42 heavy (non-hydrogen) atoms. The highest BCUT2D eigenvalue weighted by Crippen LogP contribution is 2.31. The fourth-order valence-electron chi connectivity index (χ4n) is 3.95. The average molecular weight is 716 g/mol. The fourth-order valence-corrected chi connectivity index (χ4v) is 4.89. The highest BCUT2D eigenvalue weighted by atomic mass is 79.9. The first-order valence-electron chi connectivity index (χ1n) is 13.6. The minimum atomic E-state index is -0.843. The van der Waals surface area contributed by atoms with E-state index < -0.39 is 23.4 Å². The SMILES string of the molecule is CC(C)(C)OC(=O)N(C(=O)OC(C)(C)C)c1cc(N2CCOCC2)c(Br)cn1.Nc1cc(N2CCOCC2)c(Br)cn1. The highest BCUT2D eigenvalue weighted by molar-refractivity contribution is 9.11. The maximum Gasteiger partial charge on any atom is 0.425 e. The Hall–Kier alpha value is -2.68. The van der Waals surface area contributed by atoms with Crippen molar-refractivity contribution in [1.82, 2.24) is 9.97 Å². The van der Waals surface area contributed by atoms with Gasteiger partial charge in [0.05, 0.1) is 46.7 Å². The standard InChI is InChI=1S/C19H28BrN3O5.C9H12BrN3O/c1-18(2,3)27-16(24)23(17(25)28-19(4,5)6)15-11-14(13(20)12-21-15)22-7-9-26-10-8-22;10-7-6-12-9(11)5-8(7)13-1-3-14-4-2-13/h11-12H,7-10H2,1-6H3;5-6H,1-4H2,(H2,11,12). The Balaban J connectivity index is 0.000000287. The number of nitrogens with zero attached hydrogens (tertiary/aromatic N) is 5. The molecular formula is C28H40Br2N6O6.